The molecule has 0 spiro atoms. The van der Waals surface area contributed by atoms with Crippen LogP contribution in [0.5, 0.6) is 0 Å². The molecular weight excluding hydrogens is 208 g/mol. The monoisotopic (exact) mass is 224 g/mol. The zero-order valence-electron chi connectivity index (χ0n) is 10.3. The number of nitrogens with zero attached hydrogens (tertiary/aromatic N) is 2. The molecule has 2 heteroatoms. The van der Waals surface area contributed by atoms with Gasteiger partial charge in [-0.15, -0.1) is 0 Å². The second-order valence-corrected chi connectivity index (χ2v) is 3.83. The Bertz CT molecular complexity index is 498. The zero-order chi connectivity index (χ0) is 12.7. The molecule has 0 radical (unpaired) electrons. The summed E-state index contributed by atoms with van der Waals surface area (Å²) in [5.41, 5.74) is 3.59. The second kappa shape index (κ2) is 6.41. The van der Waals surface area contributed by atoms with Gasteiger partial charge in [0.15, 0.2) is 0 Å². The number of hydrogen-bond donors (Lipinski definition) is 0. The molecule has 1 aromatic rings. The minimum absolute atomic E-state index is 0.601. The van der Waals surface area contributed by atoms with Crippen LogP contribution in [0.4, 0.5) is 5.69 Å². The summed E-state index contributed by atoms with van der Waals surface area (Å²) in [6.07, 6.45) is 3.62. The molecule has 0 fully saturated rings. The van der Waals surface area contributed by atoms with Crippen molar-refractivity contribution in [3.8, 4) is 0 Å². The fourth-order valence-corrected chi connectivity index (χ4v) is 1.04. The second-order valence-electron chi connectivity index (χ2n) is 3.83. The molecule has 17 heavy (non-hydrogen) atoms. The highest BCUT2D eigenvalue weighted by Gasteiger charge is 1.86. The molecule has 0 N–H and O–H groups in total. The van der Waals surface area contributed by atoms with Crippen LogP contribution >= 0.6 is 0 Å². The van der Waals surface area contributed by atoms with Crippen molar-refractivity contribution in [3.05, 3.63) is 66.4 Å². The molecule has 0 aliphatic heterocycles. The van der Waals surface area contributed by atoms with Crippen molar-refractivity contribution in [2.24, 2.45) is 9.98 Å². The molecule has 0 saturated heterocycles. The number of aryl methyl sites for hydroxylation is 1. The van der Waals surface area contributed by atoms with E-state index in [4.69, 9.17) is 0 Å². The molecule has 0 saturated carbocycles. The molecule has 0 aliphatic carbocycles. The third-order valence-corrected chi connectivity index (χ3v) is 1.97. The summed E-state index contributed by atoms with van der Waals surface area (Å²) in [5.74, 6) is 0. The van der Waals surface area contributed by atoms with Gasteiger partial charge in [-0.05, 0) is 32.1 Å². The van der Waals surface area contributed by atoms with Crippen LogP contribution < -0.4 is 0 Å². The number of aliphatic imine (C=N–C) groups is 2. The minimum Gasteiger partial charge on any atom is -0.188 e. The predicted octanol–water partition coefficient (Wildman–Crippen LogP) is 4.45. The first kappa shape index (κ1) is 12.9. The van der Waals surface area contributed by atoms with E-state index < -0.39 is 0 Å². The molecule has 86 valence electrons. The van der Waals surface area contributed by atoms with Crippen molar-refractivity contribution < 1.29 is 0 Å². The van der Waals surface area contributed by atoms with E-state index in [1.807, 2.05) is 44.2 Å². The fraction of sp³-hybridized carbons (Fsp3) is 0.133. The van der Waals surface area contributed by atoms with Gasteiger partial charge in [0.2, 0.25) is 0 Å². The Hall–Kier alpha value is -2.18. The minimum atomic E-state index is 0.601. The van der Waals surface area contributed by atoms with Crippen molar-refractivity contribution >= 4 is 11.7 Å². The van der Waals surface area contributed by atoms with E-state index >= 15 is 0 Å². The van der Waals surface area contributed by atoms with Gasteiger partial charge in [0, 0.05) is 0 Å². The maximum absolute atomic E-state index is 4.08. The third kappa shape index (κ3) is 5.45. The maximum Gasteiger partial charge on any atom is 0.100 e. The lowest BCUT2D eigenvalue weighted by Gasteiger charge is -1.91. The predicted molar refractivity (Wildman–Crippen MR) is 73.8 cm³/mol. The van der Waals surface area contributed by atoms with Crippen LogP contribution in [0.15, 0.2) is 70.8 Å². The summed E-state index contributed by atoms with van der Waals surface area (Å²) in [7, 11) is 0. The molecule has 0 heterocycles. The van der Waals surface area contributed by atoms with Gasteiger partial charge in [-0.3, -0.25) is 0 Å². The Labute approximate surface area is 102 Å². The number of hydrogen-bond acceptors (Lipinski definition) is 2. The van der Waals surface area contributed by atoms with Crippen molar-refractivity contribution in [2.75, 3.05) is 0 Å². The maximum atomic E-state index is 4.08. The Balaban J connectivity index is 2.67. The van der Waals surface area contributed by atoms with Crippen LogP contribution in [-0.4, -0.2) is 6.01 Å². The highest BCUT2D eigenvalue weighted by molar-refractivity contribution is 5.54. The lowest BCUT2D eigenvalue weighted by atomic mass is 10.2. The summed E-state index contributed by atoms with van der Waals surface area (Å²) in [6, 6.07) is 10.4. The van der Waals surface area contributed by atoms with Crippen molar-refractivity contribution in [2.45, 2.75) is 13.8 Å². The highest BCUT2D eigenvalue weighted by atomic mass is 14.8. The molecule has 1 rings (SSSR count). The largest absolute Gasteiger partial charge is 0.188 e. The van der Waals surface area contributed by atoms with E-state index in [1.54, 1.807) is 6.08 Å². The van der Waals surface area contributed by atoms with Crippen molar-refractivity contribution in [3.63, 3.8) is 0 Å². The molecule has 1 aromatic carbocycles. The van der Waals surface area contributed by atoms with Gasteiger partial charge in [0.1, 0.15) is 6.01 Å². The van der Waals surface area contributed by atoms with Crippen LogP contribution in [0.3, 0.4) is 0 Å². The van der Waals surface area contributed by atoms with Crippen LogP contribution in [0.25, 0.3) is 0 Å². The SMILES string of the molecule is C=C(C)/C=C\C(=C)N=C=Nc1ccc(C)cc1. The first-order valence-electron chi connectivity index (χ1n) is 5.33. The van der Waals surface area contributed by atoms with Crippen LogP contribution in [-0.2, 0) is 0 Å². The van der Waals surface area contributed by atoms with Gasteiger partial charge in [0.05, 0.1) is 11.4 Å². The highest BCUT2D eigenvalue weighted by Crippen LogP contribution is 2.11. The summed E-state index contributed by atoms with van der Waals surface area (Å²) in [4.78, 5) is 8.06. The third-order valence-electron chi connectivity index (χ3n) is 1.97. The molecule has 0 aliphatic rings. The van der Waals surface area contributed by atoms with E-state index in [2.05, 4.69) is 29.2 Å². The molecule has 2 nitrogen and oxygen atoms in total. The first-order valence-corrected chi connectivity index (χ1v) is 5.33. The van der Waals surface area contributed by atoms with Gasteiger partial charge in [-0.2, -0.15) is 9.98 Å². The summed E-state index contributed by atoms with van der Waals surface area (Å²) in [6.45, 7) is 11.4. The van der Waals surface area contributed by atoms with Crippen molar-refractivity contribution in [1.29, 1.82) is 0 Å². The molecule has 0 amide bonds. The standard InChI is InChI=1S/C15H16N2/c1-12(2)5-8-14(4)16-11-17-15-9-6-13(3)7-10-15/h5-10H,1,4H2,2-3H3/b8-5-. The van der Waals surface area contributed by atoms with Gasteiger partial charge in [-0.1, -0.05) is 42.5 Å². The topological polar surface area (TPSA) is 24.7 Å². The number of benzene rings is 1. The van der Waals surface area contributed by atoms with Gasteiger partial charge in [0.25, 0.3) is 0 Å². The average molecular weight is 224 g/mol. The van der Waals surface area contributed by atoms with E-state index in [0.717, 1.165) is 11.3 Å². The number of allylic oxidation sites excluding steroid dienone is 3. The lowest BCUT2D eigenvalue weighted by molar-refractivity contribution is 1.40. The summed E-state index contributed by atoms with van der Waals surface area (Å²) in [5, 5.41) is 0. The Morgan fingerprint density at radius 1 is 1.18 bits per heavy atom. The Kier molecular flexibility index (Phi) is 4.86. The smallest absolute Gasteiger partial charge is 0.100 e. The van der Waals surface area contributed by atoms with Gasteiger partial charge >= 0.3 is 0 Å². The van der Waals surface area contributed by atoms with Crippen LogP contribution in [0.1, 0.15) is 12.5 Å². The van der Waals surface area contributed by atoms with E-state index in [1.165, 1.54) is 5.56 Å². The summed E-state index contributed by atoms with van der Waals surface area (Å²) < 4.78 is 0. The quantitative estimate of drug-likeness (QED) is 0.533. The molecule has 0 aromatic heterocycles. The summed E-state index contributed by atoms with van der Waals surface area (Å²) >= 11 is 0. The zero-order valence-corrected chi connectivity index (χ0v) is 10.3. The van der Waals surface area contributed by atoms with Crippen LogP contribution in [0, 0.1) is 6.92 Å². The molecule has 0 bridgehead atoms. The molecular formula is C15H16N2. The van der Waals surface area contributed by atoms with E-state index in [-0.39, 0.29) is 0 Å². The Morgan fingerprint density at radius 2 is 1.82 bits per heavy atom. The van der Waals surface area contributed by atoms with Crippen molar-refractivity contribution in [1.82, 2.24) is 0 Å². The average Bonchev–Trinajstić information content (AvgIpc) is 2.29. The lowest BCUT2D eigenvalue weighted by Crippen LogP contribution is -1.70. The molecule has 0 unspecified atom stereocenters. The van der Waals surface area contributed by atoms with Gasteiger partial charge < -0.3 is 0 Å². The number of rotatable bonds is 4. The normalized spacial score (nSPS) is 9.76. The molecule has 0 atom stereocenters. The first-order chi connectivity index (χ1) is 8.08. The van der Waals surface area contributed by atoms with Crippen LogP contribution in [0.2, 0.25) is 0 Å². The van der Waals surface area contributed by atoms with E-state index in [0.29, 0.717) is 5.70 Å². The van der Waals surface area contributed by atoms with Gasteiger partial charge in [-0.25, -0.2) is 0 Å². The van der Waals surface area contributed by atoms with E-state index in [9.17, 15) is 0 Å². The Morgan fingerprint density at radius 3 is 2.41 bits per heavy atom. The fourth-order valence-electron chi connectivity index (χ4n) is 1.04.